The number of hydrogen-bond donors (Lipinski definition) is 3. The Morgan fingerprint density at radius 3 is 2.71 bits per heavy atom. The van der Waals surface area contributed by atoms with Crippen molar-refractivity contribution in [2.75, 3.05) is 10.5 Å². The van der Waals surface area contributed by atoms with Gasteiger partial charge in [0.1, 0.15) is 4.90 Å². The number of nitrogens with zero attached hydrogens (tertiary/aromatic N) is 2. The third kappa shape index (κ3) is 4.10. The molecule has 4 N–H and O–H groups in total. The van der Waals surface area contributed by atoms with Crippen LogP contribution in [-0.4, -0.2) is 34.8 Å². The van der Waals surface area contributed by atoms with E-state index >= 15 is 0 Å². The maximum Gasteiger partial charge on any atom is 0.265 e. The lowest BCUT2D eigenvalue weighted by Gasteiger charge is -2.16. The summed E-state index contributed by atoms with van der Waals surface area (Å²) in [7, 11) is -4.08. The summed E-state index contributed by atoms with van der Waals surface area (Å²) in [6, 6.07) is 2.73. The molecule has 0 aliphatic heterocycles. The minimum Gasteiger partial charge on any atom is -0.549 e. The summed E-state index contributed by atoms with van der Waals surface area (Å²) in [4.78, 5) is 14.6. The largest absolute Gasteiger partial charge is 0.549 e. The number of halogens is 1. The van der Waals surface area contributed by atoms with Gasteiger partial charge >= 0.3 is 0 Å². The van der Waals surface area contributed by atoms with Gasteiger partial charge in [0.2, 0.25) is 5.95 Å². The molecule has 0 saturated carbocycles. The first-order chi connectivity index (χ1) is 11.1. The Bertz CT molecular complexity index is 884. The quantitative estimate of drug-likeness (QED) is 0.598. The minimum atomic E-state index is -4.08. The van der Waals surface area contributed by atoms with Gasteiger partial charge in [0.25, 0.3) is 16.0 Å². The van der Waals surface area contributed by atoms with Gasteiger partial charge in [0.15, 0.2) is 0 Å². The zero-order chi connectivity index (χ0) is 18.1. The minimum absolute atomic E-state index is 0.0554. The molecule has 0 saturated heterocycles. The van der Waals surface area contributed by atoms with Crippen molar-refractivity contribution in [1.82, 2.24) is 15.2 Å². The summed E-state index contributed by atoms with van der Waals surface area (Å²) < 4.78 is 27.3. The molecule has 0 fully saturated rings. The second kappa shape index (κ2) is 6.87. The lowest BCUT2D eigenvalue weighted by Crippen LogP contribution is -2.31. The van der Waals surface area contributed by atoms with E-state index in [1.54, 1.807) is 6.92 Å². The molecule has 1 heterocycles. The Labute approximate surface area is 147 Å². The number of nitrogens with one attached hydrogen (secondary N) is 2. The highest BCUT2D eigenvalue weighted by Gasteiger charge is 2.23. The van der Waals surface area contributed by atoms with Gasteiger partial charge in [-0.25, -0.2) is 18.2 Å². The first-order valence-corrected chi connectivity index (χ1v) is 9.22. The Morgan fingerprint density at radius 1 is 1.50 bits per heavy atom. The maximum atomic E-state index is 12.6. The average molecular weight is 391 g/mol. The van der Waals surface area contributed by atoms with Crippen LogP contribution in [0.5, 0.6) is 0 Å². The monoisotopic (exact) mass is 390 g/mol. The number of anilines is 2. The van der Waals surface area contributed by atoms with Gasteiger partial charge in [-0.15, -0.1) is 16.9 Å². The van der Waals surface area contributed by atoms with E-state index in [-0.39, 0.29) is 21.7 Å². The van der Waals surface area contributed by atoms with Crippen molar-refractivity contribution in [3.8, 4) is 0 Å². The van der Waals surface area contributed by atoms with Crippen LogP contribution >= 0.6 is 23.4 Å². The SMILES string of the molecule is Cc1cc(S(=O)(=O)Nc2n[nH]c(N)n2)c(SC(C)C(=O)[O-])cc1Cl. The molecule has 0 aliphatic carbocycles. The van der Waals surface area contributed by atoms with Crippen LogP contribution in [0.3, 0.4) is 0 Å². The number of benzene rings is 1. The number of aliphatic carboxylic acids is 1. The smallest absolute Gasteiger partial charge is 0.265 e. The van der Waals surface area contributed by atoms with Crippen LogP contribution in [-0.2, 0) is 14.8 Å². The number of carboxylic acid groups (broad SMARTS) is 1. The fourth-order valence-electron chi connectivity index (χ4n) is 1.67. The van der Waals surface area contributed by atoms with Crippen molar-refractivity contribution in [2.24, 2.45) is 0 Å². The van der Waals surface area contributed by atoms with Gasteiger partial charge < -0.3 is 15.6 Å². The van der Waals surface area contributed by atoms with Crippen molar-refractivity contribution < 1.29 is 18.3 Å². The van der Waals surface area contributed by atoms with E-state index in [1.165, 1.54) is 19.1 Å². The zero-order valence-electron chi connectivity index (χ0n) is 12.5. The van der Waals surface area contributed by atoms with Gasteiger partial charge in [-0.05, 0) is 31.5 Å². The molecule has 2 rings (SSSR count). The number of aromatic amines is 1. The van der Waals surface area contributed by atoms with Crippen LogP contribution in [0, 0.1) is 6.92 Å². The zero-order valence-corrected chi connectivity index (χ0v) is 14.9. The number of carboxylic acids is 1. The van der Waals surface area contributed by atoms with E-state index in [0.29, 0.717) is 10.6 Å². The van der Waals surface area contributed by atoms with Gasteiger partial charge in [-0.1, -0.05) is 11.6 Å². The molecular weight excluding hydrogens is 378 g/mol. The van der Waals surface area contributed by atoms with E-state index < -0.39 is 21.2 Å². The van der Waals surface area contributed by atoms with Crippen molar-refractivity contribution in [3.05, 3.63) is 22.7 Å². The van der Waals surface area contributed by atoms with Gasteiger partial charge in [-0.3, -0.25) is 0 Å². The molecule has 2 aromatic rings. The number of carbonyl (C=O) groups is 1. The third-order valence-corrected chi connectivity index (χ3v) is 5.92. The first kappa shape index (κ1) is 18.4. The maximum absolute atomic E-state index is 12.6. The highest BCUT2D eigenvalue weighted by Crippen LogP contribution is 2.34. The van der Waals surface area contributed by atoms with E-state index in [4.69, 9.17) is 17.3 Å². The summed E-state index contributed by atoms with van der Waals surface area (Å²) in [5.41, 5.74) is 5.86. The fraction of sp³-hybridized carbons (Fsp3) is 0.250. The van der Waals surface area contributed by atoms with Crippen LogP contribution in [0.1, 0.15) is 12.5 Å². The highest BCUT2D eigenvalue weighted by atomic mass is 35.5. The van der Waals surface area contributed by atoms with Crippen molar-refractivity contribution in [2.45, 2.75) is 28.9 Å². The number of aryl methyl sites for hydroxylation is 1. The standard InChI is InChI=1S/C12H14ClN5O4S2/c1-5-3-9(8(4-7(5)13)23-6(2)10(19)20)24(21,22)18-12-15-11(14)16-17-12/h3-4,6H,1-2H3,(H,19,20)(H4,14,15,16,17,18)/p-1. The molecular formula is C12H13ClN5O4S2-. The molecule has 1 aromatic carbocycles. The molecule has 1 unspecified atom stereocenters. The summed E-state index contributed by atoms with van der Waals surface area (Å²) in [5.74, 6) is -1.61. The number of aromatic nitrogens is 3. The predicted molar refractivity (Wildman–Crippen MR) is 88.1 cm³/mol. The van der Waals surface area contributed by atoms with Gasteiger partial charge in [-0.2, -0.15) is 4.98 Å². The van der Waals surface area contributed by atoms with E-state index in [1.807, 2.05) is 0 Å². The van der Waals surface area contributed by atoms with Crippen LogP contribution in [0.4, 0.5) is 11.9 Å². The molecule has 0 radical (unpaired) electrons. The molecule has 0 bridgehead atoms. The van der Waals surface area contributed by atoms with Crippen LogP contribution in [0.15, 0.2) is 21.9 Å². The lowest BCUT2D eigenvalue weighted by atomic mass is 10.2. The Morgan fingerprint density at radius 2 is 2.17 bits per heavy atom. The number of rotatable bonds is 6. The lowest BCUT2D eigenvalue weighted by molar-refractivity contribution is -0.304. The van der Waals surface area contributed by atoms with E-state index in [0.717, 1.165) is 11.8 Å². The Balaban J connectivity index is 2.46. The molecule has 9 nitrogen and oxygen atoms in total. The normalized spacial score (nSPS) is 12.8. The molecule has 1 atom stereocenters. The summed E-state index contributed by atoms with van der Waals surface area (Å²) >= 11 is 6.83. The number of H-pyrrole nitrogens is 1. The molecule has 24 heavy (non-hydrogen) atoms. The number of sulfonamides is 1. The Kier molecular flexibility index (Phi) is 5.26. The average Bonchev–Trinajstić information content (AvgIpc) is 2.86. The molecule has 0 spiro atoms. The van der Waals surface area contributed by atoms with Crippen LogP contribution in [0.25, 0.3) is 0 Å². The van der Waals surface area contributed by atoms with Crippen molar-refractivity contribution >= 4 is 51.3 Å². The van der Waals surface area contributed by atoms with Crippen LogP contribution in [0.2, 0.25) is 5.02 Å². The number of carbonyl (C=O) groups excluding carboxylic acids is 1. The predicted octanol–water partition coefficient (Wildman–Crippen LogP) is 0.380. The summed E-state index contributed by atoms with van der Waals surface area (Å²) in [6.45, 7) is 3.01. The summed E-state index contributed by atoms with van der Waals surface area (Å²) in [5, 5.41) is 16.2. The van der Waals surface area contributed by atoms with Gasteiger partial charge in [0, 0.05) is 15.2 Å². The van der Waals surface area contributed by atoms with Crippen LogP contribution < -0.4 is 15.6 Å². The Hall–Kier alpha value is -1.98. The molecule has 0 amide bonds. The van der Waals surface area contributed by atoms with Crippen molar-refractivity contribution in [3.63, 3.8) is 0 Å². The summed E-state index contributed by atoms with van der Waals surface area (Å²) in [6.07, 6.45) is 0. The third-order valence-electron chi connectivity index (χ3n) is 2.88. The fourth-order valence-corrected chi connectivity index (χ4v) is 4.31. The number of thioether (sulfide) groups is 1. The second-order valence-electron chi connectivity index (χ2n) is 4.78. The number of nitrogens with two attached hydrogens (primary N) is 1. The second-order valence-corrected chi connectivity index (χ2v) is 8.22. The molecule has 0 aliphatic rings. The highest BCUT2D eigenvalue weighted by molar-refractivity contribution is 8.01. The first-order valence-electron chi connectivity index (χ1n) is 6.48. The van der Waals surface area contributed by atoms with Crippen molar-refractivity contribution in [1.29, 1.82) is 0 Å². The van der Waals surface area contributed by atoms with E-state index in [2.05, 4.69) is 19.9 Å². The molecule has 12 heteroatoms. The topological polar surface area (TPSA) is 154 Å². The number of nitrogen functional groups attached to an aromatic ring is 1. The van der Waals surface area contributed by atoms with E-state index in [9.17, 15) is 18.3 Å². The van der Waals surface area contributed by atoms with Gasteiger partial charge in [0.05, 0.1) is 5.97 Å². The number of hydrogen-bond acceptors (Lipinski definition) is 8. The molecule has 1 aromatic heterocycles. The molecule has 130 valence electrons.